The monoisotopic (exact) mass is 304 g/mol. The van der Waals surface area contributed by atoms with Gasteiger partial charge in [0.25, 0.3) is 5.91 Å². The highest BCUT2D eigenvalue weighted by molar-refractivity contribution is 7.09. The number of rotatable bonds is 3. The van der Waals surface area contributed by atoms with E-state index in [0.29, 0.717) is 30.3 Å². The largest absolute Gasteiger partial charge is 0.486 e. The Morgan fingerprint density at radius 1 is 1.38 bits per heavy atom. The average Bonchev–Trinajstić information content (AvgIpc) is 2.93. The Kier molecular flexibility index (Phi) is 3.79. The smallest absolute Gasteiger partial charge is 0.255 e. The second kappa shape index (κ2) is 5.73. The van der Waals surface area contributed by atoms with Crippen molar-refractivity contribution in [2.24, 2.45) is 0 Å². The van der Waals surface area contributed by atoms with Gasteiger partial charge in [-0.2, -0.15) is 0 Å². The lowest BCUT2D eigenvalue weighted by Crippen LogP contribution is -2.28. The Balaban J connectivity index is 1.79. The number of hydrogen-bond donors (Lipinski definition) is 1. The molecule has 0 saturated carbocycles. The predicted octanol–water partition coefficient (Wildman–Crippen LogP) is 2.71. The maximum absolute atomic E-state index is 12.4. The zero-order valence-corrected chi connectivity index (χ0v) is 12.7. The average molecular weight is 304 g/mol. The molecule has 110 valence electrons. The number of aromatic nitrogens is 1. The van der Waals surface area contributed by atoms with Crippen LogP contribution in [0.5, 0.6) is 11.5 Å². The van der Waals surface area contributed by atoms with E-state index in [1.807, 2.05) is 19.2 Å². The van der Waals surface area contributed by atoms with Crippen LogP contribution in [-0.2, 0) is 0 Å². The molecule has 1 aliphatic heterocycles. The molecule has 3 rings (SSSR count). The molecule has 0 bridgehead atoms. The first kappa shape index (κ1) is 13.9. The number of nitrogens with one attached hydrogen (secondary N) is 1. The third-order valence-electron chi connectivity index (χ3n) is 3.24. The fourth-order valence-electron chi connectivity index (χ4n) is 2.18. The van der Waals surface area contributed by atoms with Crippen LogP contribution in [0.2, 0.25) is 0 Å². The molecular formula is C15H16N2O3S. The van der Waals surface area contributed by atoms with Gasteiger partial charge in [0.1, 0.15) is 13.2 Å². The number of amides is 1. The van der Waals surface area contributed by atoms with Gasteiger partial charge in [0.15, 0.2) is 11.5 Å². The van der Waals surface area contributed by atoms with Crippen molar-refractivity contribution in [3.8, 4) is 11.5 Å². The molecule has 1 N–H and O–H groups in total. The molecule has 2 aromatic rings. The Labute approximate surface area is 126 Å². The first-order chi connectivity index (χ1) is 10.1. The van der Waals surface area contributed by atoms with E-state index < -0.39 is 0 Å². The number of ether oxygens (including phenoxy) is 2. The van der Waals surface area contributed by atoms with Crippen molar-refractivity contribution < 1.29 is 14.3 Å². The van der Waals surface area contributed by atoms with Crippen molar-refractivity contribution in [2.45, 2.75) is 19.9 Å². The molecule has 2 heterocycles. The van der Waals surface area contributed by atoms with E-state index in [9.17, 15) is 4.79 Å². The van der Waals surface area contributed by atoms with Crippen molar-refractivity contribution >= 4 is 17.2 Å². The molecule has 1 aromatic carbocycles. The third-order valence-corrected chi connectivity index (χ3v) is 4.03. The third kappa shape index (κ3) is 2.85. The summed E-state index contributed by atoms with van der Waals surface area (Å²) < 4.78 is 11.1. The van der Waals surface area contributed by atoms with Gasteiger partial charge in [-0.05, 0) is 26.0 Å². The van der Waals surface area contributed by atoms with Crippen LogP contribution in [0.1, 0.15) is 34.0 Å². The first-order valence-corrected chi connectivity index (χ1v) is 7.64. The molecule has 1 amide bonds. The van der Waals surface area contributed by atoms with Gasteiger partial charge in [-0.15, -0.1) is 11.3 Å². The number of aryl methyl sites for hydroxylation is 1. The van der Waals surface area contributed by atoms with Gasteiger partial charge in [-0.3, -0.25) is 4.79 Å². The number of para-hydroxylation sites is 1. The summed E-state index contributed by atoms with van der Waals surface area (Å²) in [7, 11) is 0. The Bertz CT molecular complexity index is 669. The lowest BCUT2D eigenvalue weighted by atomic mass is 10.1. The minimum Gasteiger partial charge on any atom is -0.486 e. The minimum absolute atomic E-state index is 0.150. The summed E-state index contributed by atoms with van der Waals surface area (Å²) in [6, 6.07) is 5.18. The molecule has 0 fully saturated rings. The molecule has 0 aliphatic carbocycles. The molecule has 21 heavy (non-hydrogen) atoms. The van der Waals surface area contributed by atoms with Gasteiger partial charge in [0.2, 0.25) is 0 Å². The second-order valence-corrected chi connectivity index (χ2v) is 5.88. The second-order valence-electron chi connectivity index (χ2n) is 4.82. The zero-order valence-electron chi connectivity index (χ0n) is 11.9. The summed E-state index contributed by atoms with van der Waals surface area (Å²) in [6.45, 7) is 4.82. The topological polar surface area (TPSA) is 60.5 Å². The summed E-state index contributed by atoms with van der Waals surface area (Å²) in [4.78, 5) is 16.8. The fourth-order valence-corrected chi connectivity index (χ4v) is 2.89. The highest BCUT2D eigenvalue weighted by Gasteiger charge is 2.22. The maximum atomic E-state index is 12.4. The number of carbonyl (C=O) groups is 1. The molecule has 5 nitrogen and oxygen atoms in total. The predicted molar refractivity (Wildman–Crippen MR) is 80.2 cm³/mol. The number of carbonyl (C=O) groups excluding carboxylic acids is 1. The van der Waals surface area contributed by atoms with E-state index in [2.05, 4.69) is 10.3 Å². The molecule has 1 aliphatic rings. The van der Waals surface area contributed by atoms with Gasteiger partial charge < -0.3 is 14.8 Å². The highest BCUT2D eigenvalue weighted by Crippen LogP contribution is 2.33. The lowest BCUT2D eigenvalue weighted by molar-refractivity contribution is 0.0928. The summed E-state index contributed by atoms with van der Waals surface area (Å²) in [5.41, 5.74) is 1.36. The molecule has 0 radical (unpaired) electrons. The van der Waals surface area contributed by atoms with Gasteiger partial charge in [0.05, 0.1) is 22.3 Å². The number of hydrogen-bond acceptors (Lipinski definition) is 5. The van der Waals surface area contributed by atoms with Crippen molar-refractivity contribution in [2.75, 3.05) is 13.2 Å². The summed E-state index contributed by atoms with van der Waals surface area (Å²) in [5.74, 6) is 0.949. The standard InChI is InChI=1S/C15H16N2O3S/c1-9(12-8-21-10(2)17-12)16-15(18)11-4-3-5-13-14(11)20-7-6-19-13/h3-5,8-9H,6-7H2,1-2H3,(H,16,18). The molecule has 0 spiro atoms. The molecule has 1 atom stereocenters. The van der Waals surface area contributed by atoms with Crippen LogP contribution in [0.3, 0.4) is 0 Å². The maximum Gasteiger partial charge on any atom is 0.255 e. The van der Waals surface area contributed by atoms with Crippen LogP contribution >= 0.6 is 11.3 Å². The van der Waals surface area contributed by atoms with Crippen molar-refractivity contribution in [1.82, 2.24) is 10.3 Å². The van der Waals surface area contributed by atoms with Crippen LogP contribution in [0, 0.1) is 6.92 Å². The van der Waals surface area contributed by atoms with E-state index in [4.69, 9.17) is 9.47 Å². The van der Waals surface area contributed by atoms with Crippen LogP contribution in [0.4, 0.5) is 0 Å². The number of benzene rings is 1. The van der Waals surface area contributed by atoms with Gasteiger partial charge in [0, 0.05) is 5.38 Å². The van der Waals surface area contributed by atoms with E-state index in [1.54, 1.807) is 29.5 Å². The van der Waals surface area contributed by atoms with Crippen molar-refractivity contribution in [3.05, 3.63) is 39.8 Å². The minimum atomic E-state index is -0.185. The van der Waals surface area contributed by atoms with E-state index in [1.165, 1.54) is 0 Å². The summed E-state index contributed by atoms with van der Waals surface area (Å²) in [5, 5.41) is 5.89. The zero-order chi connectivity index (χ0) is 14.8. The van der Waals surface area contributed by atoms with E-state index in [-0.39, 0.29) is 11.9 Å². The van der Waals surface area contributed by atoms with E-state index in [0.717, 1.165) is 10.7 Å². The fraction of sp³-hybridized carbons (Fsp3) is 0.333. The van der Waals surface area contributed by atoms with Gasteiger partial charge in [-0.25, -0.2) is 4.98 Å². The summed E-state index contributed by atoms with van der Waals surface area (Å²) in [6.07, 6.45) is 0. The van der Waals surface area contributed by atoms with Crippen LogP contribution in [-0.4, -0.2) is 24.1 Å². The molecule has 6 heteroatoms. The number of nitrogens with zero attached hydrogens (tertiary/aromatic N) is 1. The first-order valence-electron chi connectivity index (χ1n) is 6.76. The molecule has 1 aromatic heterocycles. The summed E-state index contributed by atoms with van der Waals surface area (Å²) >= 11 is 1.57. The van der Waals surface area contributed by atoms with E-state index >= 15 is 0 Å². The van der Waals surface area contributed by atoms with Gasteiger partial charge in [-0.1, -0.05) is 6.07 Å². The molecular weight excluding hydrogens is 288 g/mol. The van der Waals surface area contributed by atoms with Crippen LogP contribution < -0.4 is 14.8 Å². The SMILES string of the molecule is Cc1nc(C(C)NC(=O)c2cccc3c2OCCO3)cs1. The highest BCUT2D eigenvalue weighted by atomic mass is 32.1. The van der Waals surface area contributed by atoms with Gasteiger partial charge >= 0.3 is 0 Å². The van der Waals surface area contributed by atoms with Crippen molar-refractivity contribution in [1.29, 1.82) is 0 Å². The van der Waals surface area contributed by atoms with Crippen LogP contribution in [0.15, 0.2) is 23.6 Å². The molecule has 1 unspecified atom stereocenters. The number of fused-ring (bicyclic) bond motifs is 1. The van der Waals surface area contributed by atoms with Crippen LogP contribution in [0.25, 0.3) is 0 Å². The Hall–Kier alpha value is -2.08. The quantitative estimate of drug-likeness (QED) is 0.947. The molecule has 0 saturated heterocycles. The van der Waals surface area contributed by atoms with Crippen molar-refractivity contribution in [3.63, 3.8) is 0 Å². The Morgan fingerprint density at radius 3 is 2.95 bits per heavy atom. The number of thiazole rings is 1. The Morgan fingerprint density at radius 2 is 2.19 bits per heavy atom. The normalized spacial score (nSPS) is 14.6. The lowest BCUT2D eigenvalue weighted by Gasteiger charge is -2.21.